The van der Waals surface area contributed by atoms with Crippen molar-refractivity contribution in [3.63, 3.8) is 0 Å². The van der Waals surface area contributed by atoms with E-state index >= 15 is 0 Å². The molecule has 0 amide bonds. The zero-order valence-corrected chi connectivity index (χ0v) is 12.7. The average Bonchev–Trinajstić information content (AvgIpc) is 2.97. The summed E-state index contributed by atoms with van der Waals surface area (Å²) in [5, 5.41) is 0. The van der Waals surface area contributed by atoms with Crippen molar-refractivity contribution in [1.82, 2.24) is 4.31 Å². The summed E-state index contributed by atoms with van der Waals surface area (Å²) in [6, 6.07) is 0. The number of rotatable bonds is 4. The SMILES string of the molecule is CS(=O)(=O)N1CCCC(CC2(CN)CC3CC3C2)C1. The maximum atomic E-state index is 11.7. The van der Waals surface area contributed by atoms with E-state index in [0.29, 0.717) is 17.9 Å². The molecule has 0 aromatic rings. The molecule has 3 aliphatic rings. The molecule has 0 radical (unpaired) electrons. The van der Waals surface area contributed by atoms with E-state index in [4.69, 9.17) is 5.73 Å². The molecule has 0 aromatic carbocycles. The van der Waals surface area contributed by atoms with Crippen LogP contribution in [0.1, 0.15) is 38.5 Å². The van der Waals surface area contributed by atoms with Crippen LogP contribution in [0.25, 0.3) is 0 Å². The lowest BCUT2D eigenvalue weighted by Crippen LogP contribution is -2.42. The predicted molar refractivity (Wildman–Crippen MR) is 76.1 cm³/mol. The maximum absolute atomic E-state index is 11.7. The lowest BCUT2D eigenvalue weighted by Gasteiger charge is -2.38. The minimum Gasteiger partial charge on any atom is -0.330 e. The Labute approximate surface area is 116 Å². The van der Waals surface area contributed by atoms with Crippen molar-refractivity contribution >= 4 is 10.0 Å². The maximum Gasteiger partial charge on any atom is 0.211 e. The summed E-state index contributed by atoms with van der Waals surface area (Å²) in [6.07, 6.45) is 8.66. The van der Waals surface area contributed by atoms with E-state index in [1.807, 2.05) is 0 Å². The van der Waals surface area contributed by atoms with Crippen molar-refractivity contribution in [1.29, 1.82) is 0 Å². The average molecular weight is 286 g/mol. The molecule has 3 atom stereocenters. The third-order valence-electron chi connectivity index (χ3n) is 5.56. The van der Waals surface area contributed by atoms with E-state index < -0.39 is 10.0 Å². The first kappa shape index (κ1) is 13.8. The second-order valence-corrected chi connectivity index (χ2v) is 9.18. The van der Waals surface area contributed by atoms with Crippen molar-refractivity contribution in [2.24, 2.45) is 28.9 Å². The quantitative estimate of drug-likeness (QED) is 0.850. The fourth-order valence-electron chi connectivity index (χ4n) is 4.53. The van der Waals surface area contributed by atoms with Gasteiger partial charge >= 0.3 is 0 Å². The van der Waals surface area contributed by atoms with Crippen molar-refractivity contribution < 1.29 is 8.42 Å². The normalized spacial score (nSPS) is 43.2. The van der Waals surface area contributed by atoms with Gasteiger partial charge in [-0.2, -0.15) is 0 Å². The van der Waals surface area contributed by atoms with Crippen LogP contribution < -0.4 is 5.73 Å². The molecule has 3 unspecified atom stereocenters. The Morgan fingerprint density at radius 3 is 2.58 bits per heavy atom. The van der Waals surface area contributed by atoms with Crippen LogP contribution in [-0.2, 0) is 10.0 Å². The van der Waals surface area contributed by atoms with Crippen LogP contribution in [0.2, 0.25) is 0 Å². The third kappa shape index (κ3) is 2.83. The van der Waals surface area contributed by atoms with Gasteiger partial charge in [0.25, 0.3) is 0 Å². The second kappa shape index (κ2) is 4.71. The summed E-state index contributed by atoms with van der Waals surface area (Å²) in [5.74, 6) is 2.40. The lowest BCUT2D eigenvalue weighted by molar-refractivity contribution is 0.159. The fraction of sp³-hybridized carbons (Fsp3) is 1.00. The molecule has 3 rings (SSSR count). The summed E-state index contributed by atoms with van der Waals surface area (Å²) >= 11 is 0. The molecule has 1 aliphatic heterocycles. The molecule has 1 heterocycles. The van der Waals surface area contributed by atoms with Gasteiger partial charge < -0.3 is 5.73 Å². The molecule has 19 heavy (non-hydrogen) atoms. The summed E-state index contributed by atoms with van der Waals surface area (Å²) in [6.45, 7) is 2.21. The Morgan fingerprint density at radius 2 is 2.00 bits per heavy atom. The number of sulfonamides is 1. The number of hydrogen-bond acceptors (Lipinski definition) is 3. The highest BCUT2D eigenvalue weighted by molar-refractivity contribution is 7.88. The van der Waals surface area contributed by atoms with Crippen molar-refractivity contribution in [3.05, 3.63) is 0 Å². The van der Waals surface area contributed by atoms with Gasteiger partial charge in [0.1, 0.15) is 0 Å². The zero-order valence-electron chi connectivity index (χ0n) is 11.8. The highest BCUT2D eigenvalue weighted by Crippen LogP contribution is 2.61. The molecule has 2 saturated carbocycles. The van der Waals surface area contributed by atoms with E-state index in [1.165, 1.54) is 31.9 Å². The third-order valence-corrected chi connectivity index (χ3v) is 6.83. The first-order valence-corrected chi connectivity index (χ1v) is 9.42. The molecular weight excluding hydrogens is 260 g/mol. The lowest BCUT2D eigenvalue weighted by atomic mass is 9.74. The fourth-order valence-corrected chi connectivity index (χ4v) is 5.47. The number of nitrogens with zero attached hydrogens (tertiary/aromatic N) is 1. The molecule has 4 nitrogen and oxygen atoms in total. The summed E-state index contributed by atoms with van der Waals surface area (Å²) < 4.78 is 25.0. The van der Waals surface area contributed by atoms with Gasteiger partial charge in [-0.15, -0.1) is 0 Å². The predicted octanol–water partition coefficient (Wildman–Crippen LogP) is 1.42. The first-order valence-electron chi connectivity index (χ1n) is 7.57. The van der Waals surface area contributed by atoms with Crippen LogP contribution in [0, 0.1) is 23.2 Å². The molecule has 2 aliphatic carbocycles. The van der Waals surface area contributed by atoms with Crippen molar-refractivity contribution in [2.75, 3.05) is 25.9 Å². The minimum atomic E-state index is -3.02. The Kier molecular flexibility index (Phi) is 3.43. The van der Waals surface area contributed by atoms with E-state index in [-0.39, 0.29) is 0 Å². The monoisotopic (exact) mass is 286 g/mol. The molecule has 0 aromatic heterocycles. The molecule has 3 fully saturated rings. The van der Waals surface area contributed by atoms with Crippen LogP contribution >= 0.6 is 0 Å². The Balaban J connectivity index is 1.63. The Morgan fingerprint density at radius 1 is 1.32 bits per heavy atom. The molecular formula is C14H26N2O2S. The van der Waals surface area contributed by atoms with Crippen molar-refractivity contribution in [3.8, 4) is 0 Å². The molecule has 5 heteroatoms. The Bertz CT molecular complexity index is 438. The van der Waals surface area contributed by atoms with Crippen LogP contribution in [-0.4, -0.2) is 38.6 Å². The highest BCUT2D eigenvalue weighted by atomic mass is 32.2. The molecule has 0 spiro atoms. The highest BCUT2D eigenvalue weighted by Gasteiger charge is 2.53. The van der Waals surface area contributed by atoms with Gasteiger partial charge in [0.15, 0.2) is 0 Å². The number of piperidine rings is 1. The van der Waals surface area contributed by atoms with Gasteiger partial charge in [-0.1, -0.05) is 0 Å². The van der Waals surface area contributed by atoms with E-state index in [1.54, 1.807) is 4.31 Å². The summed E-state index contributed by atoms with van der Waals surface area (Å²) in [4.78, 5) is 0. The minimum absolute atomic E-state index is 0.332. The summed E-state index contributed by atoms with van der Waals surface area (Å²) in [7, 11) is -3.02. The molecule has 110 valence electrons. The van der Waals surface area contributed by atoms with E-state index in [0.717, 1.165) is 37.8 Å². The van der Waals surface area contributed by atoms with Gasteiger partial charge in [-0.05, 0) is 68.2 Å². The van der Waals surface area contributed by atoms with Gasteiger partial charge in [-0.25, -0.2) is 12.7 Å². The van der Waals surface area contributed by atoms with Crippen LogP contribution in [0.15, 0.2) is 0 Å². The van der Waals surface area contributed by atoms with Crippen LogP contribution in [0.5, 0.6) is 0 Å². The number of hydrogen-bond donors (Lipinski definition) is 1. The second-order valence-electron chi connectivity index (χ2n) is 7.20. The topological polar surface area (TPSA) is 63.4 Å². The van der Waals surface area contributed by atoms with Gasteiger partial charge in [0.2, 0.25) is 10.0 Å². The standard InChI is InChI=1S/C14H26N2O2S/c1-19(17,18)16-4-2-3-11(9-16)6-14(10-15)7-12-5-13(12)8-14/h11-13H,2-10,15H2,1H3. The molecule has 2 N–H and O–H groups in total. The smallest absolute Gasteiger partial charge is 0.211 e. The van der Waals surface area contributed by atoms with Gasteiger partial charge in [0, 0.05) is 13.1 Å². The van der Waals surface area contributed by atoms with E-state index in [2.05, 4.69) is 0 Å². The zero-order chi connectivity index (χ0) is 13.7. The van der Waals surface area contributed by atoms with E-state index in [9.17, 15) is 8.42 Å². The first-order chi connectivity index (χ1) is 8.92. The molecule has 1 saturated heterocycles. The Hall–Kier alpha value is -0.130. The number of nitrogens with two attached hydrogens (primary N) is 1. The van der Waals surface area contributed by atoms with Crippen LogP contribution in [0.4, 0.5) is 0 Å². The van der Waals surface area contributed by atoms with Crippen molar-refractivity contribution in [2.45, 2.75) is 38.5 Å². The number of fused-ring (bicyclic) bond motifs is 1. The van der Waals surface area contributed by atoms with Crippen LogP contribution in [0.3, 0.4) is 0 Å². The van der Waals surface area contributed by atoms with Gasteiger partial charge in [-0.3, -0.25) is 0 Å². The largest absolute Gasteiger partial charge is 0.330 e. The summed E-state index contributed by atoms with van der Waals surface area (Å²) in [5.41, 5.74) is 6.39. The molecule has 0 bridgehead atoms. The van der Waals surface area contributed by atoms with Gasteiger partial charge in [0.05, 0.1) is 6.26 Å².